The first-order valence-corrected chi connectivity index (χ1v) is 13.6. The summed E-state index contributed by atoms with van der Waals surface area (Å²) in [5.74, 6) is -4.65. The summed E-state index contributed by atoms with van der Waals surface area (Å²) >= 11 is 6.46. The highest BCUT2D eigenvalue weighted by Gasteiger charge is 2.23. The van der Waals surface area contributed by atoms with E-state index in [9.17, 15) is 28.8 Å². The highest BCUT2D eigenvalue weighted by molar-refractivity contribution is 9.10. The lowest BCUT2D eigenvalue weighted by Crippen LogP contribution is -2.26. The van der Waals surface area contributed by atoms with E-state index in [1.165, 1.54) is 24.3 Å². The number of aldehydes is 2. The maximum atomic E-state index is 12.5. The van der Waals surface area contributed by atoms with Gasteiger partial charge in [0.25, 0.3) is 0 Å². The van der Waals surface area contributed by atoms with Crippen LogP contribution in [0.3, 0.4) is 0 Å². The van der Waals surface area contributed by atoms with E-state index in [2.05, 4.69) is 31.9 Å². The van der Waals surface area contributed by atoms with Crippen LogP contribution in [0.4, 0.5) is 0 Å². The molecule has 2 aromatic rings. The highest BCUT2D eigenvalue weighted by Crippen LogP contribution is 2.24. The van der Waals surface area contributed by atoms with Crippen LogP contribution >= 0.6 is 31.9 Å². The Balaban J connectivity index is 1.84. The van der Waals surface area contributed by atoms with Gasteiger partial charge in [0.15, 0.2) is 12.6 Å². The summed E-state index contributed by atoms with van der Waals surface area (Å²) in [6, 6.07) is 9.14. The van der Waals surface area contributed by atoms with E-state index in [4.69, 9.17) is 18.9 Å². The summed E-state index contributed by atoms with van der Waals surface area (Å²) < 4.78 is 21.9. The van der Waals surface area contributed by atoms with Crippen molar-refractivity contribution in [1.82, 2.24) is 0 Å². The zero-order chi connectivity index (χ0) is 29.7. The maximum absolute atomic E-state index is 12.5. The van der Waals surface area contributed by atoms with Crippen molar-refractivity contribution >= 4 is 68.3 Å². The van der Waals surface area contributed by atoms with Crippen molar-refractivity contribution in [2.24, 2.45) is 11.8 Å². The quantitative estimate of drug-likeness (QED) is 0.115. The van der Waals surface area contributed by atoms with Gasteiger partial charge in [-0.15, -0.1) is 0 Å². The Morgan fingerprint density at radius 3 is 1.40 bits per heavy atom. The van der Waals surface area contributed by atoms with Crippen molar-refractivity contribution in [2.75, 3.05) is 13.2 Å². The molecule has 0 aromatic heterocycles. The minimum Gasteiger partial charge on any atom is -0.462 e. The average Bonchev–Trinajstić information content (AvgIpc) is 2.94. The molecule has 10 nitrogen and oxygen atoms in total. The molecule has 212 valence electrons. The Hall–Kier alpha value is -3.64. The van der Waals surface area contributed by atoms with E-state index < -0.39 is 35.7 Å². The molecule has 0 bridgehead atoms. The van der Waals surface area contributed by atoms with Gasteiger partial charge in [0.2, 0.25) is 0 Å². The maximum Gasteiger partial charge on any atom is 0.331 e. The van der Waals surface area contributed by atoms with Gasteiger partial charge in [0, 0.05) is 21.1 Å². The monoisotopic (exact) mass is 680 g/mol. The Bertz CT molecular complexity index is 1190. The lowest BCUT2D eigenvalue weighted by Gasteiger charge is -2.15. The van der Waals surface area contributed by atoms with Crippen molar-refractivity contribution in [3.05, 3.63) is 68.6 Å². The standard InChI is InChI=1S/C28H26Br2O10/c1-3-17(27(35)39-23-7-5-21(29)11-19(23)13-31)15-37-25(33)9-10-26(34)38-16-18(4-2)28(36)40-24-8-6-22(30)12-20(24)14-32/h5-14,17-18H,3-4,15-16H2,1-2H3/b10-9-. The number of ether oxygens (including phenoxy) is 4. The number of hydrogen-bond acceptors (Lipinski definition) is 10. The first-order chi connectivity index (χ1) is 19.1. The van der Waals surface area contributed by atoms with Crippen LogP contribution in [0.1, 0.15) is 47.4 Å². The largest absolute Gasteiger partial charge is 0.462 e. The highest BCUT2D eigenvalue weighted by atomic mass is 79.9. The van der Waals surface area contributed by atoms with Gasteiger partial charge in [0.05, 0.1) is 23.0 Å². The molecule has 2 unspecified atom stereocenters. The van der Waals surface area contributed by atoms with Crippen molar-refractivity contribution in [3.63, 3.8) is 0 Å². The summed E-state index contributed by atoms with van der Waals surface area (Å²) in [6.07, 6.45) is 3.34. The molecule has 12 heteroatoms. The molecule has 0 N–H and O–H groups in total. The van der Waals surface area contributed by atoms with Crippen LogP contribution in [0.15, 0.2) is 57.5 Å². The zero-order valence-corrected chi connectivity index (χ0v) is 24.8. The van der Waals surface area contributed by atoms with Gasteiger partial charge in [-0.2, -0.15) is 0 Å². The van der Waals surface area contributed by atoms with Gasteiger partial charge in [-0.3, -0.25) is 19.2 Å². The predicted molar refractivity (Wildman–Crippen MR) is 149 cm³/mol. The van der Waals surface area contributed by atoms with Crippen LogP contribution in [0.5, 0.6) is 11.5 Å². The molecular formula is C28H26Br2O10. The van der Waals surface area contributed by atoms with E-state index >= 15 is 0 Å². The second-order valence-electron chi connectivity index (χ2n) is 8.25. The fourth-order valence-electron chi connectivity index (χ4n) is 3.10. The molecule has 0 aliphatic rings. The summed E-state index contributed by atoms with van der Waals surface area (Å²) in [5, 5.41) is 0. The second kappa shape index (κ2) is 16.5. The van der Waals surface area contributed by atoms with Crippen LogP contribution in [0.25, 0.3) is 0 Å². The van der Waals surface area contributed by atoms with E-state index in [0.717, 1.165) is 12.2 Å². The van der Waals surface area contributed by atoms with Gasteiger partial charge in [-0.05, 0) is 49.2 Å². The SMILES string of the molecule is CCC(COC(=O)/C=C\C(=O)OCC(CC)C(=O)Oc1ccc(Br)cc1C=O)C(=O)Oc1ccc(Br)cc1C=O. The average molecular weight is 682 g/mol. The summed E-state index contributed by atoms with van der Waals surface area (Å²) in [4.78, 5) is 71.5. The van der Waals surface area contributed by atoms with Crippen molar-refractivity contribution < 1.29 is 47.7 Å². The first-order valence-electron chi connectivity index (χ1n) is 12.1. The molecule has 0 aliphatic carbocycles. The Morgan fingerprint density at radius 2 is 1.07 bits per heavy atom. The van der Waals surface area contributed by atoms with Gasteiger partial charge in [-0.25, -0.2) is 9.59 Å². The fourth-order valence-corrected chi connectivity index (χ4v) is 3.85. The van der Waals surface area contributed by atoms with Gasteiger partial charge in [-0.1, -0.05) is 45.7 Å². The van der Waals surface area contributed by atoms with Crippen LogP contribution < -0.4 is 9.47 Å². The topological polar surface area (TPSA) is 139 Å². The Kier molecular flexibility index (Phi) is 13.4. The first kappa shape index (κ1) is 32.6. The van der Waals surface area contributed by atoms with E-state index in [1.807, 2.05) is 0 Å². The minimum absolute atomic E-state index is 0.0749. The third-order valence-electron chi connectivity index (χ3n) is 5.48. The predicted octanol–water partition coefficient (Wildman–Crippen LogP) is 5.04. The van der Waals surface area contributed by atoms with Crippen molar-refractivity contribution in [1.29, 1.82) is 0 Å². The molecule has 40 heavy (non-hydrogen) atoms. The molecule has 0 aliphatic heterocycles. The number of hydrogen-bond donors (Lipinski definition) is 0. The van der Waals surface area contributed by atoms with E-state index in [-0.39, 0.29) is 48.7 Å². The van der Waals surface area contributed by atoms with Crippen molar-refractivity contribution in [2.45, 2.75) is 26.7 Å². The fraction of sp³-hybridized carbons (Fsp3) is 0.286. The van der Waals surface area contributed by atoms with Gasteiger partial charge >= 0.3 is 23.9 Å². The van der Waals surface area contributed by atoms with Crippen molar-refractivity contribution in [3.8, 4) is 11.5 Å². The van der Waals surface area contributed by atoms with E-state index in [1.54, 1.807) is 26.0 Å². The number of carbonyl (C=O) groups is 6. The number of carbonyl (C=O) groups excluding carboxylic acids is 6. The summed E-state index contributed by atoms with van der Waals surface area (Å²) in [7, 11) is 0. The van der Waals surface area contributed by atoms with Crippen LogP contribution in [-0.2, 0) is 28.7 Å². The normalized spacial score (nSPS) is 12.2. The molecule has 0 saturated heterocycles. The third kappa shape index (κ3) is 10.2. The number of benzene rings is 2. The second-order valence-corrected chi connectivity index (χ2v) is 10.1. The number of halogens is 2. The smallest absolute Gasteiger partial charge is 0.331 e. The van der Waals surface area contributed by atoms with E-state index in [0.29, 0.717) is 21.5 Å². The van der Waals surface area contributed by atoms with Gasteiger partial charge < -0.3 is 18.9 Å². The summed E-state index contributed by atoms with van der Waals surface area (Å²) in [5.41, 5.74) is 0.349. The molecule has 2 atom stereocenters. The summed E-state index contributed by atoms with van der Waals surface area (Å²) in [6.45, 7) is 2.76. The molecule has 0 heterocycles. The van der Waals surface area contributed by atoms with Crippen LogP contribution in [0.2, 0.25) is 0 Å². The lowest BCUT2D eigenvalue weighted by atomic mass is 10.1. The van der Waals surface area contributed by atoms with Crippen LogP contribution in [-0.4, -0.2) is 49.7 Å². The molecule has 0 amide bonds. The molecule has 0 radical (unpaired) electrons. The molecule has 2 rings (SSSR count). The Morgan fingerprint density at radius 1 is 0.700 bits per heavy atom. The molecule has 0 fully saturated rings. The molecule has 0 spiro atoms. The molecular weight excluding hydrogens is 656 g/mol. The molecule has 2 aromatic carbocycles. The minimum atomic E-state index is -0.900. The Labute approximate surface area is 247 Å². The number of rotatable bonds is 14. The zero-order valence-electron chi connectivity index (χ0n) is 21.6. The third-order valence-corrected chi connectivity index (χ3v) is 6.47. The van der Waals surface area contributed by atoms with Gasteiger partial charge in [0.1, 0.15) is 24.7 Å². The number of esters is 4. The van der Waals surface area contributed by atoms with Crippen LogP contribution in [0, 0.1) is 11.8 Å². The molecule has 0 saturated carbocycles. The lowest BCUT2D eigenvalue weighted by molar-refractivity contribution is -0.149.